The van der Waals surface area contributed by atoms with Crippen molar-refractivity contribution >= 4 is 12.0 Å². The first kappa shape index (κ1) is 20.1. The quantitative estimate of drug-likeness (QED) is 0.729. The van der Waals surface area contributed by atoms with Crippen LogP contribution < -0.4 is 20.5 Å². The highest BCUT2D eigenvalue weighted by Crippen LogP contribution is 2.57. The van der Waals surface area contributed by atoms with Gasteiger partial charge < -0.3 is 25.3 Å². The van der Waals surface area contributed by atoms with Crippen molar-refractivity contribution in [1.29, 1.82) is 0 Å². The lowest BCUT2D eigenvalue weighted by Crippen LogP contribution is -2.58. The minimum Gasteiger partial charge on any atom is -0.493 e. The maximum atomic E-state index is 12.0. The zero-order valence-corrected chi connectivity index (χ0v) is 16.9. The number of nitrogens with two attached hydrogens (primary N) is 1. The molecule has 0 unspecified atom stereocenters. The van der Waals surface area contributed by atoms with Gasteiger partial charge in [0.15, 0.2) is 11.5 Å². The molecule has 7 heteroatoms. The third-order valence-corrected chi connectivity index (χ3v) is 5.96. The average Bonchev–Trinajstić information content (AvgIpc) is 2.69. The fraction of sp³-hybridized carbons (Fsp3) is 0.391. The highest BCUT2D eigenvalue weighted by molar-refractivity contribution is 5.96. The topological polar surface area (TPSA) is 99.9 Å². The first-order valence-corrected chi connectivity index (χ1v) is 10.1. The van der Waals surface area contributed by atoms with Crippen LogP contribution in [0.3, 0.4) is 0 Å². The van der Waals surface area contributed by atoms with Crippen LogP contribution in [0.15, 0.2) is 48.5 Å². The number of hydrogen-bond acceptors (Lipinski definition) is 5. The van der Waals surface area contributed by atoms with Crippen LogP contribution in [0.25, 0.3) is 0 Å². The molecular weight excluding hydrogens is 384 g/mol. The van der Waals surface area contributed by atoms with Crippen LogP contribution in [0.4, 0.5) is 4.79 Å². The van der Waals surface area contributed by atoms with Crippen molar-refractivity contribution < 1.29 is 23.8 Å². The van der Waals surface area contributed by atoms with E-state index in [1.54, 1.807) is 18.2 Å². The molecule has 2 amide bonds. The molecule has 7 nitrogen and oxygen atoms in total. The highest BCUT2D eigenvalue weighted by Gasteiger charge is 2.54. The number of ether oxygens (including phenoxy) is 3. The Bertz CT molecular complexity index is 916. The molecule has 0 saturated heterocycles. The average molecular weight is 410 g/mol. The second-order valence-electron chi connectivity index (χ2n) is 8.16. The van der Waals surface area contributed by atoms with Crippen molar-refractivity contribution in [1.82, 2.24) is 5.32 Å². The van der Waals surface area contributed by atoms with Crippen LogP contribution in [0.5, 0.6) is 11.5 Å². The minimum absolute atomic E-state index is 0.00498. The molecule has 0 aromatic heterocycles. The number of alkyl carbamates (subject to hydrolysis) is 1. The van der Waals surface area contributed by atoms with Crippen LogP contribution >= 0.6 is 0 Å². The molecule has 2 aliphatic rings. The highest BCUT2D eigenvalue weighted by atomic mass is 16.5. The van der Waals surface area contributed by atoms with Crippen LogP contribution in [0.1, 0.15) is 41.6 Å². The van der Waals surface area contributed by atoms with E-state index in [9.17, 15) is 9.59 Å². The Morgan fingerprint density at radius 2 is 1.80 bits per heavy atom. The van der Waals surface area contributed by atoms with Gasteiger partial charge in [0.25, 0.3) is 5.91 Å². The van der Waals surface area contributed by atoms with E-state index >= 15 is 0 Å². The number of para-hydroxylation sites is 1. The van der Waals surface area contributed by atoms with E-state index in [1.165, 1.54) is 7.11 Å². The van der Waals surface area contributed by atoms with Gasteiger partial charge in [0.1, 0.15) is 12.7 Å². The molecule has 0 heterocycles. The number of primary amides is 1. The summed E-state index contributed by atoms with van der Waals surface area (Å²) in [5.41, 5.74) is 6.94. The molecule has 30 heavy (non-hydrogen) atoms. The van der Waals surface area contributed by atoms with E-state index in [0.717, 1.165) is 31.2 Å². The summed E-state index contributed by atoms with van der Waals surface area (Å²) in [4.78, 5) is 23.7. The molecule has 3 N–H and O–H groups in total. The molecule has 2 aliphatic carbocycles. The summed E-state index contributed by atoms with van der Waals surface area (Å²) in [7, 11) is 1.54. The second kappa shape index (κ2) is 8.26. The van der Waals surface area contributed by atoms with Crippen LogP contribution in [0, 0.1) is 5.41 Å². The van der Waals surface area contributed by atoms with Gasteiger partial charge in [0.05, 0.1) is 12.7 Å². The standard InChI is InChI=1S/C23H26N2O5/c1-28-19-9-5-8-18(21(24)26)20(19)30-17-12-23(13-17)10-16(11-23)25-22(27)29-14-15-6-3-2-4-7-15/h2-9,16-17H,10-14H2,1H3,(H2,24,26)(H,25,27). The summed E-state index contributed by atoms with van der Waals surface area (Å²) in [6, 6.07) is 14.8. The van der Waals surface area contributed by atoms with Crippen LogP contribution in [0.2, 0.25) is 0 Å². The van der Waals surface area contributed by atoms with Crippen molar-refractivity contribution in [3.8, 4) is 11.5 Å². The number of methoxy groups -OCH3 is 1. The molecule has 0 bridgehead atoms. The SMILES string of the molecule is COc1cccc(C(N)=O)c1OC1CC2(CC(NC(=O)OCc3ccccc3)C2)C1. The molecule has 0 radical (unpaired) electrons. The fourth-order valence-corrected chi connectivity index (χ4v) is 4.50. The monoisotopic (exact) mass is 410 g/mol. The van der Waals surface area contributed by atoms with Crippen molar-refractivity contribution in [3.05, 3.63) is 59.7 Å². The van der Waals surface area contributed by atoms with Gasteiger partial charge in [-0.15, -0.1) is 0 Å². The second-order valence-corrected chi connectivity index (χ2v) is 8.16. The molecule has 158 valence electrons. The summed E-state index contributed by atoms with van der Waals surface area (Å²) in [5, 5.41) is 2.93. The number of nitrogens with one attached hydrogen (secondary N) is 1. The number of carbonyl (C=O) groups excluding carboxylic acids is 2. The lowest BCUT2D eigenvalue weighted by Gasteiger charge is -2.57. The van der Waals surface area contributed by atoms with Gasteiger partial charge >= 0.3 is 6.09 Å². The van der Waals surface area contributed by atoms with Crippen LogP contribution in [-0.4, -0.2) is 31.3 Å². The van der Waals surface area contributed by atoms with Crippen molar-refractivity contribution in [2.75, 3.05) is 7.11 Å². The molecular formula is C23H26N2O5. The maximum Gasteiger partial charge on any atom is 0.407 e. The van der Waals surface area contributed by atoms with E-state index in [0.29, 0.717) is 17.1 Å². The molecule has 0 atom stereocenters. The van der Waals surface area contributed by atoms with Crippen LogP contribution in [-0.2, 0) is 11.3 Å². The molecule has 2 aromatic carbocycles. The summed E-state index contributed by atoms with van der Waals surface area (Å²) >= 11 is 0. The number of carbonyl (C=O) groups is 2. The number of benzene rings is 2. The maximum absolute atomic E-state index is 12.0. The summed E-state index contributed by atoms with van der Waals surface area (Å²) in [5.74, 6) is 0.368. The van der Waals surface area contributed by atoms with E-state index in [2.05, 4.69) is 5.32 Å². The van der Waals surface area contributed by atoms with E-state index in [-0.39, 0.29) is 30.3 Å². The molecule has 2 fully saturated rings. The zero-order valence-electron chi connectivity index (χ0n) is 16.9. The normalized spacial score (nSPS) is 24.3. The van der Waals surface area contributed by atoms with Gasteiger partial charge in [0, 0.05) is 6.04 Å². The predicted octanol–water partition coefficient (Wildman–Crippen LogP) is 3.41. The van der Waals surface area contributed by atoms with Gasteiger partial charge in [-0.05, 0) is 48.8 Å². The molecule has 0 aliphatic heterocycles. The lowest BCUT2D eigenvalue weighted by molar-refractivity contribution is -0.0849. The minimum atomic E-state index is -0.542. The smallest absolute Gasteiger partial charge is 0.407 e. The Kier molecular flexibility index (Phi) is 5.53. The lowest BCUT2D eigenvalue weighted by atomic mass is 9.53. The Labute approximate surface area is 175 Å². The Balaban J connectivity index is 1.23. The number of hydrogen-bond donors (Lipinski definition) is 2. The molecule has 1 spiro atoms. The number of rotatable bonds is 7. The number of amides is 2. The largest absolute Gasteiger partial charge is 0.493 e. The fourth-order valence-electron chi connectivity index (χ4n) is 4.50. The third kappa shape index (κ3) is 4.20. The Morgan fingerprint density at radius 1 is 1.07 bits per heavy atom. The first-order chi connectivity index (χ1) is 14.5. The van der Waals surface area contributed by atoms with Gasteiger partial charge in [-0.1, -0.05) is 36.4 Å². The molecule has 2 aromatic rings. The first-order valence-electron chi connectivity index (χ1n) is 10.1. The van der Waals surface area contributed by atoms with Gasteiger partial charge in [-0.2, -0.15) is 0 Å². The third-order valence-electron chi connectivity index (χ3n) is 5.96. The van der Waals surface area contributed by atoms with E-state index in [4.69, 9.17) is 19.9 Å². The summed E-state index contributed by atoms with van der Waals surface area (Å²) < 4.78 is 16.7. The Morgan fingerprint density at radius 3 is 2.47 bits per heavy atom. The molecule has 2 saturated carbocycles. The summed E-state index contributed by atoms with van der Waals surface area (Å²) in [6.07, 6.45) is 3.18. The van der Waals surface area contributed by atoms with E-state index < -0.39 is 5.91 Å². The van der Waals surface area contributed by atoms with Crippen molar-refractivity contribution in [3.63, 3.8) is 0 Å². The Hall–Kier alpha value is -3.22. The van der Waals surface area contributed by atoms with Gasteiger partial charge in [0.2, 0.25) is 0 Å². The molecule has 4 rings (SSSR count). The predicted molar refractivity (Wildman–Crippen MR) is 110 cm³/mol. The summed E-state index contributed by atoms with van der Waals surface area (Å²) in [6.45, 7) is 0.265. The van der Waals surface area contributed by atoms with Crippen molar-refractivity contribution in [2.45, 2.75) is 44.4 Å². The zero-order chi connectivity index (χ0) is 21.1. The van der Waals surface area contributed by atoms with Gasteiger partial charge in [-0.3, -0.25) is 4.79 Å². The van der Waals surface area contributed by atoms with Gasteiger partial charge in [-0.25, -0.2) is 4.79 Å². The van der Waals surface area contributed by atoms with Crippen molar-refractivity contribution in [2.24, 2.45) is 11.1 Å². The van der Waals surface area contributed by atoms with E-state index in [1.807, 2.05) is 30.3 Å².